The van der Waals surface area contributed by atoms with Gasteiger partial charge < -0.3 is 24.4 Å². The molecule has 31 heavy (non-hydrogen) atoms. The minimum atomic E-state index is -0.782. The number of aliphatic hydroxyl groups is 1. The second-order valence-corrected chi connectivity index (χ2v) is 7.47. The molecule has 1 aliphatic rings. The highest BCUT2D eigenvalue weighted by Gasteiger charge is 2.46. The van der Waals surface area contributed by atoms with Crippen molar-refractivity contribution in [1.82, 2.24) is 14.8 Å². The third kappa shape index (κ3) is 4.54. The average molecular weight is 425 g/mol. The van der Waals surface area contributed by atoms with Gasteiger partial charge in [0.15, 0.2) is 0 Å². The first-order valence-electron chi connectivity index (χ1n) is 9.95. The number of amides is 1. The smallest absolute Gasteiger partial charge is 0.295 e. The number of carbonyl (C=O) groups excluding carboxylic acids is 2. The van der Waals surface area contributed by atoms with Crippen LogP contribution in [-0.2, 0) is 9.59 Å². The number of hydrogen-bond donors (Lipinski definition) is 1. The lowest BCUT2D eigenvalue weighted by Crippen LogP contribution is -2.32. The second-order valence-electron chi connectivity index (χ2n) is 7.47. The van der Waals surface area contributed by atoms with Crippen molar-refractivity contribution in [2.75, 3.05) is 41.4 Å². The molecule has 1 N–H and O–H groups in total. The van der Waals surface area contributed by atoms with Gasteiger partial charge in [-0.05, 0) is 51.3 Å². The number of nitrogens with zero attached hydrogens (tertiary/aromatic N) is 3. The van der Waals surface area contributed by atoms with Crippen LogP contribution in [0.25, 0.3) is 5.76 Å². The van der Waals surface area contributed by atoms with Gasteiger partial charge in [-0.25, -0.2) is 0 Å². The Balaban J connectivity index is 2.12. The summed E-state index contributed by atoms with van der Waals surface area (Å²) in [6.07, 6.45) is 2.28. The number of aromatic nitrogens is 1. The Morgan fingerprint density at radius 2 is 1.94 bits per heavy atom. The van der Waals surface area contributed by atoms with E-state index < -0.39 is 17.7 Å². The molecular weight excluding hydrogens is 398 g/mol. The fourth-order valence-electron chi connectivity index (χ4n) is 3.65. The SMILES string of the molecule is COc1ccc(/C(O)=C2\C(=O)C(=O)N(CCCN(C)C)[C@@H]2c2ccccn2)c(OC)c1. The number of carbonyl (C=O) groups is 2. The molecule has 3 rings (SSSR count). The number of ketones is 1. The molecule has 2 aromatic rings. The van der Waals surface area contributed by atoms with Crippen molar-refractivity contribution < 1.29 is 24.2 Å². The number of rotatable bonds is 8. The van der Waals surface area contributed by atoms with Crippen molar-refractivity contribution in [3.05, 3.63) is 59.4 Å². The van der Waals surface area contributed by atoms with Crippen LogP contribution in [0.4, 0.5) is 0 Å². The molecule has 0 unspecified atom stereocenters. The maximum absolute atomic E-state index is 13.0. The zero-order valence-electron chi connectivity index (χ0n) is 18.2. The van der Waals surface area contributed by atoms with E-state index in [1.54, 1.807) is 42.6 Å². The Kier molecular flexibility index (Phi) is 6.91. The van der Waals surface area contributed by atoms with Gasteiger partial charge in [-0.15, -0.1) is 0 Å². The van der Waals surface area contributed by atoms with E-state index >= 15 is 0 Å². The zero-order chi connectivity index (χ0) is 22.5. The fraction of sp³-hybridized carbons (Fsp3) is 0.348. The number of likely N-dealkylation sites (tertiary alicyclic amines) is 1. The van der Waals surface area contributed by atoms with Gasteiger partial charge in [-0.3, -0.25) is 14.6 Å². The van der Waals surface area contributed by atoms with Crippen molar-refractivity contribution in [3.8, 4) is 11.5 Å². The van der Waals surface area contributed by atoms with Crippen molar-refractivity contribution >= 4 is 17.4 Å². The number of Topliss-reactive ketones (excluding diaryl/α,β-unsaturated/α-hetero) is 1. The fourth-order valence-corrected chi connectivity index (χ4v) is 3.65. The van der Waals surface area contributed by atoms with Crippen LogP contribution in [-0.4, -0.2) is 73.0 Å². The van der Waals surface area contributed by atoms with Gasteiger partial charge in [0.25, 0.3) is 11.7 Å². The highest BCUT2D eigenvalue weighted by Crippen LogP contribution is 2.40. The largest absolute Gasteiger partial charge is 0.507 e. The minimum absolute atomic E-state index is 0.00276. The molecule has 1 aromatic carbocycles. The summed E-state index contributed by atoms with van der Waals surface area (Å²) in [4.78, 5) is 33.8. The van der Waals surface area contributed by atoms with Gasteiger partial charge in [-0.2, -0.15) is 0 Å². The molecule has 1 aliphatic heterocycles. The van der Waals surface area contributed by atoms with Crippen LogP contribution in [0.5, 0.6) is 11.5 Å². The zero-order valence-corrected chi connectivity index (χ0v) is 18.2. The molecule has 1 fully saturated rings. The summed E-state index contributed by atoms with van der Waals surface area (Å²) in [5.41, 5.74) is 0.813. The second kappa shape index (κ2) is 9.61. The molecular formula is C23H27N3O5. The number of ether oxygens (including phenoxy) is 2. The van der Waals surface area contributed by atoms with Crippen LogP contribution in [0.1, 0.15) is 23.7 Å². The minimum Gasteiger partial charge on any atom is -0.507 e. The summed E-state index contributed by atoms with van der Waals surface area (Å²) in [7, 11) is 6.87. The molecule has 1 amide bonds. The van der Waals surface area contributed by atoms with E-state index in [1.165, 1.54) is 19.1 Å². The van der Waals surface area contributed by atoms with E-state index in [1.807, 2.05) is 19.0 Å². The van der Waals surface area contributed by atoms with E-state index in [0.29, 0.717) is 35.7 Å². The molecule has 164 valence electrons. The maximum Gasteiger partial charge on any atom is 0.295 e. The highest BCUT2D eigenvalue weighted by atomic mass is 16.5. The van der Waals surface area contributed by atoms with Gasteiger partial charge in [0.05, 0.1) is 31.1 Å². The lowest BCUT2D eigenvalue weighted by Gasteiger charge is -2.25. The summed E-state index contributed by atoms with van der Waals surface area (Å²) in [6, 6.07) is 9.37. The molecule has 1 atom stereocenters. The first-order chi connectivity index (χ1) is 14.9. The van der Waals surface area contributed by atoms with Gasteiger partial charge in [0.1, 0.15) is 23.3 Å². The molecule has 0 saturated carbocycles. The lowest BCUT2D eigenvalue weighted by atomic mass is 9.97. The van der Waals surface area contributed by atoms with Gasteiger partial charge in [0.2, 0.25) is 0 Å². The van der Waals surface area contributed by atoms with Crippen LogP contribution in [0.15, 0.2) is 48.2 Å². The first kappa shape index (κ1) is 22.3. The summed E-state index contributed by atoms with van der Waals surface area (Å²) in [5.74, 6) is -0.822. The summed E-state index contributed by atoms with van der Waals surface area (Å²) in [5, 5.41) is 11.2. The Bertz CT molecular complexity index is 988. The van der Waals surface area contributed by atoms with Crippen molar-refractivity contribution in [3.63, 3.8) is 0 Å². The molecule has 1 saturated heterocycles. The quantitative estimate of drug-likeness (QED) is 0.395. The lowest BCUT2D eigenvalue weighted by molar-refractivity contribution is -0.140. The third-order valence-corrected chi connectivity index (χ3v) is 5.18. The molecule has 8 heteroatoms. The summed E-state index contributed by atoms with van der Waals surface area (Å²) in [6.45, 7) is 1.12. The van der Waals surface area contributed by atoms with Crippen LogP contribution < -0.4 is 9.47 Å². The number of aliphatic hydroxyl groups excluding tert-OH is 1. The Labute approximate surface area is 181 Å². The Morgan fingerprint density at radius 3 is 2.55 bits per heavy atom. The first-order valence-corrected chi connectivity index (χ1v) is 9.95. The van der Waals surface area contributed by atoms with E-state index in [4.69, 9.17) is 9.47 Å². The predicted octanol–water partition coefficient (Wildman–Crippen LogP) is 2.47. The van der Waals surface area contributed by atoms with Crippen molar-refractivity contribution in [2.24, 2.45) is 0 Å². The number of benzene rings is 1. The van der Waals surface area contributed by atoms with E-state index in [0.717, 1.165) is 6.54 Å². The average Bonchev–Trinajstić information content (AvgIpc) is 3.03. The van der Waals surface area contributed by atoms with E-state index in [2.05, 4.69) is 4.98 Å². The van der Waals surface area contributed by atoms with Crippen molar-refractivity contribution in [2.45, 2.75) is 12.5 Å². The van der Waals surface area contributed by atoms with Crippen LogP contribution >= 0.6 is 0 Å². The third-order valence-electron chi connectivity index (χ3n) is 5.18. The molecule has 0 aliphatic carbocycles. The maximum atomic E-state index is 13.0. The number of pyridine rings is 1. The topological polar surface area (TPSA) is 92.2 Å². The molecule has 0 spiro atoms. The van der Waals surface area contributed by atoms with E-state index in [9.17, 15) is 14.7 Å². The van der Waals surface area contributed by atoms with Crippen LogP contribution in [0, 0.1) is 0 Å². The molecule has 0 bridgehead atoms. The predicted molar refractivity (Wildman–Crippen MR) is 116 cm³/mol. The van der Waals surface area contributed by atoms with Crippen molar-refractivity contribution in [1.29, 1.82) is 0 Å². The van der Waals surface area contributed by atoms with Crippen LogP contribution in [0.2, 0.25) is 0 Å². The molecule has 8 nitrogen and oxygen atoms in total. The Hall–Kier alpha value is -3.39. The molecule has 1 aromatic heterocycles. The monoisotopic (exact) mass is 425 g/mol. The standard InChI is InChI=1S/C23H27N3O5/c1-25(2)12-7-13-26-20(17-8-5-6-11-24-17)19(22(28)23(26)29)21(27)16-10-9-15(30-3)14-18(16)31-4/h5-6,8-11,14,20,27H,7,12-13H2,1-4H3/b21-19+/t20-/m1/s1. The van der Waals surface area contributed by atoms with Gasteiger partial charge in [-0.1, -0.05) is 6.07 Å². The van der Waals surface area contributed by atoms with Gasteiger partial charge >= 0.3 is 0 Å². The molecule has 0 radical (unpaired) electrons. The number of methoxy groups -OCH3 is 2. The number of hydrogen-bond acceptors (Lipinski definition) is 7. The van der Waals surface area contributed by atoms with E-state index in [-0.39, 0.29) is 11.3 Å². The summed E-state index contributed by atoms with van der Waals surface area (Å²) < 4.78 is 10.6. The Morgan fingerprint density at radius 1 is 1.16 bits per heavy atom. The normalized spacial score (nSPS) is 18.0. The summed E-state index contributed by atoms with van der Waals surface area (Å²) >= 11 is 0. The van der Waals surface area contributed by atoms with Crippen LogP contribution in [0.3, 0.4) is 0 Å². The highest BCUT2D eigenvalue weighted by molar-refractivity contribution is 6.46. The van der Waals surface area contributed by atoms with Gasteiger partial charge in [0, 0.05) is 18.8 Å². The molecule has 2 heterocycles.